The molecule has 1 atom stereocenters. The van der Waals surface area contributed by atoms with Crippen LogP contribution in [0.4, 0.5) is 5.69 Å². The predicted molar refractivity (Wildman–Crippen MR) is 131 cm³/mol. The molecule has 1 aliphatic heterocycles. The van der Waals surface area contributed by atoms with E-state index in [0.717, 1.165) is 68.5 Å². The molecular formula is C27H34N4O2. The first-order chi connectivity index (χ1) is 16.3. The molecule has 174 valence electrons. The summed E-state index contributed by atoms with van der Waals surface area (Å²) in [5.74, 6) is 2.76. The number of nitrogens with zero attached hydrogens (tertiary/aromatic N) is 3. The summed E-state index contributed by atoms with van der Waals surface area (Å²) in [6, 6.07) is 17.5. The predicted octanol–water partition coefficient (Wildman–Crippen LogP) is 4.67. The van der Waals surface area contributed by atoms with E-state index >= 15 is 0 Å². The van der Waals surface area contributed by atoms with Gasteiger partial charge in [-0.2, -0.15) is 0 Å². The molecule has 0 radical (unpaired) electrons. The number of methoxy groups -OCH3 is 1. The summed E-state index contributed by atoms with van der Waals surface area (Å²) in [6.45, 7) is 3.67. The SMILES string of the molecule is COc1c(OC2CCCC2)cccc1N1CCN(Cc2ncc[nH]2)C(Cc2ccccc2)C1. The number of rotatable bonds is 8. The van der Waals surface area contributed by atoms with Crippen LogP contribution in [-0.2, 0) is 13.0 Å². The molecular weight excluding hydrogens is 412 g/mol. The highest BCUT2D eigenvalue weighted by atomic mass is 16.5. The fourth-order valence-corrected chi connectivity index (χ4v) is 5.21. The Balaban J connectivity index is 1.37. The van der Waals surface area contributed by atoms with Crippen molar-refractivity contribution in [2.45, 2.75) is 50.8 Å². The molecule has 2 aliphatic rings. The summed E-state index contributed by atoms with van der Waals surface area (Å²) in [7, 11) is 1.76. The first kappa shape index (κ1) is 21.8. The van der Waals surface area contributed by atoms with E-state index in [1.54, 1.807) is 7.11 Å². The second kappa shape index (κ2) is 10.3. The van der Waals surface area contributed by atoms with E-state index in [1.807, 2.05) is 12.4 Å². The Kier molecular flexibility index (Phi) is 6.81. The quantitative estimate of drug-likeness (QED) is 0.545. The molecule has 6 nitrogen and oxygen atoms in total. The topological polar surface area (TPSA) is 53.6 Å². The van der Waals surface area contributed by atoms with Crippen LogP contribution >= 0.6 is 0 Å². The third-order valence-electron chi connectivity index (χ3n) is 6.93. The van der Waals surface area contributed by atoms with E-state index < -0.39 is 0 Å². The zero-order chi connectivity index (χ0) is 22.5. The van der Waals surface area contributed by atoms with Crippen molar-refractivity contribution < 1.29 is 9.47 Å². The maximum absolute atomic E-state index is 6.37. The van der Waals surface area contributed by atoms with Gasteiger partial charge in [-0.3, -0.25) is 4.90 Å². The summed E-state index contributed by atoms with van der Waals surface area (Å²) in [5.41, 5.74) is 2.49. The lowest BCUT2D eigenvalue weighted by Crippen LogP contribution is -2.53. The maximum atomic E-state index is 6.37. The Morgan fingerprint density at radius 3 is 2.64 bits per heavy atom. The third-order valence-corrected chi connectivity index (χ3v) is 6.93. The van der Waals surface area contributed by atoms with Gasteiger partial charge in [0, 0.05) is 38.1 Å². The van der Waals surface area contributed by atoms with Gasteiger partial charge in [-0.05, 0) is 49.8 Å². The number of piperazine rings is 1. The number of anilines is 1. The molecule has 0 amide bonds. The van der Waals surface area contributed by atoms with Gasteiger partial charge in [0.15, 0.2) is 11.5 Å². The van der Waals surface area contributed by atoms with Crippen LogP contribution in [0.15, 0.2) is 60.9 Å². The molecule has 5 rings (SSSR count). The molecule has 2 fully saturated rings. The second-order valence-corrected chi connectivity index (χ2v) is 9.13. The highest BCUT2D eigenvalue weighted by Gasteiger charge is 2.30. The van der Waals surface area contributed by atoms with E-state index in [4.69, 9.17) is 9.47 Å². The van der Waals surface area contributed by atoms with Crippen LogP contribution in [-0.4, -0.2) is 53.8 Å². The van der Waals surface area contributed by atoms with Gasteiger partial charge in [0.25, 0.3) is 0 Å². The normalized spacial score (nSPS) is 19.7. The number of H-pyrrole nitrogens is 1. The Morgan fingerprint density at radius 1 is 1.03 bits per heavy atom. The van der Waals surface area contributed by atoms with E-state index in [2.05, 4.69) is 68.3 Å². The Hall–Kier alpha value is -2.99. The zero-order valence-electron chi connectivity index (χ0n) is 19.5. The van der Waals surface area contributed by atoms with Crippen LogP contribution < -0.4 is 14.4 Å². The molecule has 0 spiro atoms. The summed E-state index contributed by atoms with van der Waals surface area (Å²) in [4.78, 5) is 12.8. The third kappa shape index (κ3) is 5.17. The largest absolute Gasteiger partial charge is 0.491 e. The summed E-state index contributed by atoms with van der Waals surface area (Å²) < 4.78 is 12.3. The summed E-state index contributed by atoms with van der Waals surface area (Å²) >= 11 is 0. The molecule has 1 aliphatic carbocycles. The standard InChI is InChI=1S/C27H34N4O2/c1-32-27-24(12-7-13-25(27)33-23-10-5-6-11-23)31-17-16-30(20-26-28-14-15-29-26)22(19-31)18-21-8-3-2-4-9-21/h2-4,7-9,12-15,22-23H,5-6,10-11,16-20H2,1H3,(H,28,29). The Morgan fingerprint density at radius 2 is 1.88 bits per heavy atom. The monoisotopic (exact) mass is 446 g/mol. The molecule has 33 heavy (non-hydrogen) atoms. The summed E-state index contributed by atoms with van der Waals surface area (Å²) in [6.07, 6.45) is 9.83. The maximum Gasteiger partial charge on any atom is 0.184 e. The van der Waals surface area contributed by atoms with Crippen LogP contribution in [0.3, 0.4) is 0 Å². The van der Waals surface area contributed by atoms with Gasteiger partial charge in [-0.25, -0.2) is 4.98 Å². The number of nitrogens with one attached hydrogen (secondary N) is 1. The summed E-state index contributed by atoms with van der Waals surface area (Å²) in [5, 5.41) is 0. The van der Waals surface area contributed by atoms with E-state index in [1.165, 1.54) is 18.4 Å². The fraction of sp³-hybridized carbons (Fsp3) is 0.444. The minimum atomic E-state index is 0.310. The first-order valence-corrected chi connectivity index (χ1v) is 12.1. The highest BCUT2D eigenvalue weighted by molar-refractivity contribution is 5.65. The molecule has 1 N–H and O–H groups in total. The van der Waals surface area contributed by atoms with Gasteiger partial charge in [0.2, 0.25) is 0 Å². The number of aromatic nitrogens is 2. The Labute approximate surface area is 196 Å². The first-order valence-electron chi connectivity index (χ1n) is 12.1. The lowest BCUT2D eigenvalue weighted by Gasteiger charge is -2.42. The molecule has 0 bridgehead atoms. The lowest BCUT2D eigenvalue weighted by atomic mass is 10.0. The van der Waals surface area contributed by atoms with Crippen LogP contribution in [0, 0.1) is 0 Å². The smallest absolute Gasteiger partial charge is 0.184 e. The molecule has 1 saturated heterocycles. The van der Waals surface area contributed by atoms with Crippen LogP contribution in [0.25, 0.3) is 0 Å². The minimum Gasteiger partial charge on any atom is -0.491 e. The van der Waals surface area contributed by atoms with Crippen LogP contribution in [0.2, 0.25) is 0 Å². The minimum absolute atomic E-state index is 0.310. The molecule has 1 aromatic heterocycles. The zero-order valence-corrected chi connectivity index (χ0v) is 19.5. The number of para-hydroxylation sites is 1. The van der Waals surface area contributed by atoms with Crippen molar-refractivity contribution in [1.82, 2.24) is 14.9 Å². The van der Waals surface area contributed by atoms with Crippen LogP contribution in [0.5, 0.6) is 11.5 Å². The average Bonchev–Trinajstić information content (AvgIpc) is 3.55. The van der Waals surface area contributed by atoms with Gasteiger partial charge in [-0.15, -0.1) is 0 Å². The molecule has 6 heteroatoms. The van der Waals surface area contributed by atoms with Crippen molar-refractivity contribution in [2.24, 2.45) is 0 Å². The van der Waals surface area contributed by atoms with E-state index in [0.29, 0.717) is 12.1 Å². The average molecular weight is 447 g/mol. The van der Waals surface area contributed by atoms with Gasteiger partial charge in [0.05, 0.1) is 25.4 Å². The van der Waals surface area contributed by atoms with Crippen molar-refractivity contribution in [3.05, 3.63) is 72.3 Å². The Bertz CT molecular complexity index is 1000. The highest BCUT2D eigenvalue weighted by Crippen LogP contribution is 2.40. The van der Waals surface area contributed by atoms with Crippen molar-refractivity contribution in [2.75, 3.05) is 31.6 Å². The van der Waals surface area contributed by atoms with Gasteiger partial charge in [-0.1, -0.05) is 36.4 Å². The lowest BCUT2D eigenvalue weighted by molar-refractivity contribution is 0.162. The van der Waals surface area contributed by atoms with E-state index in [9.17, 15) is 0 Å². The number of hydrogen-bond acceptors (Lipinski definition) is 5. The van der Waals surface area contributed by atoms with Crippen molar-refractivity contribution in [3.8, 4) is 11.5 Å². The molecule has 1 saturated carbocycles. The van der Waals surface area contributed by atoms with E-state index in [-0.39, 0.29) is 0 Å². The number of hydrogen-bond donors (Lipinski definition) is 1. The van der Waals surface area contributed by atoms with Crippen LogP contribution in [0.1, 0.15) is 37.1 Å². The molecule has 2 heterocycles. The second-order valence-electron chi connectivity index (χ2n) is 9.13. The molecule has 1 unspecified atom stereocenters. The number of benzene rings is 2. The molecule has 2 aromatic carbocycles. The van der Waals surface area contributed by atoms with Crippen molar-refractivity contribution >= 4 is 5.69 Å². The van der Waals surface area contributed by atoms with Crippen molar-refractivity contribution in [3.63, 3.8) is 0 Å². The number of aromatic amines is 1. The van der Waals surface area contributed by atoms with Gasteiger partial charge >= 0.3 is 0 Å². The molecule has 3 aromatic rings. The van der Waals surface area contributed by atoms with Crippen molar-refractivity contribution in [1.29, 1.82) is 0 Å². The number of imidazole rings is 1. The number of ether oxygens (including phenoxy) is 2. The fourth-order valence-electron chi connectivity index (χ4n) is 5.21. The van der Waals surface area contributed by atoms with Gasteiger partial charge in [0.1, 0.15) is 5.82 Å². The van der Waals surface area contributed by atoms with Gasteiger partial charge < -0.3 is 19.4 Å².